The third-order valence-electron chi connectivity index (χ3n) is 2.86. The molecule has 0 amide bonds. The Morgan fingerprint density at radius 1 is 0.944 bits per heavy atom. The van der Waals surface area contributed by atoms with Gasteiger partial charge in [-0.15, -0.1) is 0 Å². The summed E-state index contributed by atoms with van der Waals surface area (Å²) in [4.78, 5) is 0. The summed E-state index contributed by atoms with van der Waals surface area (Å²) in [6, 6.07) is 18.2. The van der Waals surface area contributed by atoms with Crippen LogP contribution in [0, 0.1) is 6.92 Å². The Kier molecular flexibility index (Phi) is 3.63. The van der Waals surface area contributed by atoms with Crippen LogP contribution in [0.1, 0.15) is 16.7 Å². The van der Waals surface area contributed by atoms with Crippen molar-refractivity contribution in [3.63, 3.8) is 0 Å². The van der Waals surface area contributed by atoms with Gasteiger partial charge in [0.2, 0.25) is 0 Å². The Morgan fingerprint density at radius 2 is 1.56 bits per heavy atom. The van der Waals surface area contributed by atoms with E-state index in [1.54, 1.807) is 0 Å². The first-order valence-electron chi connectivity index (χ1n) is 5.95. The quantitative estimate of drug-likeness (QED) is 0.799. The largest absolute Gasteiger partial charge is 0.398 e. The molecule has 0 atom stereocenters. The number of benzene rings is 2. The van der Waals surface area contributed by atoms with Crippen LogP contribution in [0.15, 0.2) is 67.3 Å². The average molecular weight is 235 g/mol. The molecule has 90 valence electrons. The first-order valence-corrected chi connectivity index (χ1v) is 5.95. The van der Waals surface area contributed by atoms with Crippen molar-refractivity contribution < 1.29 is 0 Å². The molecule has 2 rings (SSSR count). The van der Waals surface area contributed by atoms with Gasteiger partial charge >= 0.3 is 0 Å². The van der Waals surface area contributed by atoms with Crippen LogP contribution in [0.5, 0.6) is 0 Å². The summed E-state index contributed by atoms with van der Waals surface area (Å²) in [5, 5.41) is 0. The molecule has 0 aliphatic rings. The lowest BCUT2D eigenvalue weighted by atomic mass is 10.0. The zero-order valence-electron chi connectivity index (χ0n) is 10.6. The van der Waals surface area contributed by atoms with Crippen molar-refractivity contribution in [2.24, 2.45) is 5.73 Å². The Morgan fingerprint density at radius 3 is 2.17 bits per heavy atom. The van der Waals surface area contributed by atoms with Gasteiger partial charge in [0.25, 0.3) is 0 Å². The molecule has 0 saturated carbocycles. The molecule has 0 fully saturated rings. The molecule has 0 aromatic heterocycles. The van der Waals surface area contributed by atoms with Gasteiger partial charge in [-0.2, -0.15) is 0 Å². The van der Waals surface area contributed by atoms with Crippen molar-refractivity contribution in [2.75, 3.05) is 0 Å². The van der Waals surface area contributed by atoms with Gasteiger partial charge in [-0.3, -0.25) is 0 Å². The number of aryl methyl sites for hydroxylation is 1. The van der Waals surface area contributed by atoms with Crippen LogP contribution >= 0.6 is 0 Å². The van der Waals surface area contributed by atoms with Crippen LogP contribution in [0.2, 0.25) is 0 Å². The summed E-state index contributed by atoms with van der Waals surface area (Å²) in [6.07, 6.45) is 1.92. The van der Waals surface area contributed by atoms with Gasteiger partial charge in [0.05, 0.1) is 0 Å². The van der Waals surface area contributed by atoms with Gasteiger partial charge in [-0.1, -0.05) is 66.7 Å². The molecule has 1 nitrogen and oxygen atoms in total. The fourth-order valence-electron chi connectivity index (χ4n) is 1.75. The molecule has 0 radical (unpaired) electrons. The standard InChI is InChI=1S/C17H17N/c1-13-8-10-15(11-9-13)14(2)12-17(18)16-6-4-3-5-7-16/h3-12H,2,18H2,1H3/b17-12-. The van der Waals surface area contributed by atoms with Gasteiger partial charge in [0.15, 0.2) is 0 Å². The number of allylic oxidation sites excluding steroid dienone is 2. The van der Waals surface area contributed by atoms with Crippen molar-refractivity contribution in [3.05, 3.63) is 83.9 Å². The second-order valence-electron chi connectivity index (χ2n) is 4.36. The van der Waals surface area contributed by atoms with Crippen molar-refractivity contribution in [3.8, 4) is 0 Å². The highest BCUT2D eigenvalue weighted by atomic mass is 14.6. The molecule has 2 aromatic carbocycles. The highest BCUT2D eigenvalue weighted by Crippen LogP contribution is 2.18. The van der Waals surface area contributed by atoms with Gasteiger partial charge in [-0.05, 0) is 29.7 Å². The first-order chi connectivity index (χ1) is 8.66. The molecule has 0 aliphatic carbocycles. The molecule has 1 heteroatoms. The van der Waals surface area contributed by atoms with E-state index in [9.17, 15) is 0 Å². The van der Waals surface area contributed by atoms with Crippen LogP contribution in [-0.4, -0.2) is 0 Å². The molecule has 0 spiro atoms. The zero-order valence-corrected chi connectivity index (χ0v) is 10.6. The number of hydrogen-bond donors (Lipinski definition) is 1. The van der Waals surface area contributed by atoms with Gasteiger partial charge in [0.1, 0.15) is 0 Å². The maximum absolute atomic E-state index is 6.06. The minimum absolute atomic E-state index is 0.737. The van der Waals surface area contributed by atoms with E-state index in [1.165, 1.54) is 5.56 Å². The molecule has 18 heavy (non-hydrogen) atoms. The number of nitrogens with two attached hydrogens (primary N) is 1. The van der Waals surface area contributed by atoms with Crippen LogP contribution < -0.4 is 5.73 Å². The van der Waals surface area contributed by atoms with Crippen molar-refractivity contribution in [1.82, 2.24) is 0 Å². The van der Waals surface area contributed by atoms with E-state index in [1.807, 2.05) is 36.4 Å². The summed E-state index contributed by atoms with van der Waals surface area (Å²) in [5.74, 6) is 0. The molecule has 0 aliphatic heterocycles. The highest BCUT2D eigenvalue weighted by molar-refractivity contribution is 5.81. The smallest absolute Gasteiger partial charge is 0.0393 e. The van der Waals surface area contributed by atoms with Gasteiger partial charge < -0.3 is 5.73 Å². The van der Waals surface area contributed by atoms with Crippen molar-refractivity contribution >= 4 is 11.3 Å². The van der Waals surface area contributed by atoms with E-state index in [2.05, 4.69) is 37.8 Å². The molecule has 0 bridgehead atoms. The van der Waals surface area contributed by atoms with E-state index in [-0.39, 0.29) is 0 Å². The Hall–Kier alpha value is -2.28. The summed E-state index contributed by atoms with van der Waals surface area (Å²) < 4.78 is 0. The normalized spacial score (nSPS) is 11.3. The highest BCUT2D eigenvalue weighted by Gasteiger charge is 1.99. The molecular formula is C17H17N. The summed E-state index contributed by atoms with van der Waals surface area (Å²) in [6.45, 7) is 6.13. The molecular weight excluding hydrogens is 218 g/mol. The lowest BCUT2D eigenvalue weighted by Gasteiger charge is -2.05. The second-order valence-corrected chi connectivity index (χ2v) is 4.36. The van der Waals surface area contributed by atoms with Crippen LogP contribution in [0.3, 0.4) is 0 Å². The maximum Gasteiger partial charge on any atom is 0.0393 e. The molecule has 0 unspecified atom stereocenters. The lowest BCUT2D eigenvalue weighted by Crippen LogP contribution is -1.96. The van der Waals surface area contributed by atoms with E-state index >= 15 is 0 Å². The fraction of sp³-hybridized carbons (Fsp3) is 0.0588. The van der Waals surface area contributed by atoms with Crippen molar-refractivity contribution in [2.45, 2.75) is 6.92 Å². The Balaban J connectivity index is 2.23. The van der Waals surface area contributed by atoms with Gasteiger partial charge in [-0.25, -0.2) is 0 Å². The zero-order chi connectivity index (χ0) is 13.0. The topological polar surface area (TPSA) is 26.0 Å². The maximum atomic E-state index is 6.06. The predicted octanol–water partition coefficient (Wildman–Crippen LogP) is 4.01. The van der Waals surface area contributed by atoms with Crippen molar-refractivity contribution in [1.29, 1.82) is 0 Å². The third kappa shape index (κ3) is 2.89. The Bertz CT molecular complexity index is 562. The molecule has 2 N–H and O–H groups in total. The number of rotatable bonds is 3. The van der Waals surface area contributed by atoms with E-state index in [0.717, 1.165) is 22.4 Å². The lowest BCUT2D eigenvalue weighted by molar-refractivity contribution is 1.45. The summed E-state index contributed by atoms with van der Waals surface area (Å²) in [5.41, 5.74) is 11.1. The van der Waals surface area contributed by atoms with Crippen LogP contribution in [0.25, 0.3) is 11.3 Å². The van der Waals surface area contributed by atoms with Gasteiger partial charge in [0, 0.05) is 5.70 Å². The van der Waals surface area contributed by atoms with E-state index in [0.29, 0.717) is 0 Å². The van der Waals surface area contributed by atoms with E-state index in [4.69, 9.17) is 5.73 Å². The third-order valence-corrected chi connectivity index (χ3v) is 2.86. The fourth-order valence-corrected chi connectivity index (χ4v) is 1.75. The molecule has 0 saturated heterocycles. The second kappa shape index (κ2) is 5.37. The molecule has 0 heterocycles. The van der Waals surface area contributed by atoms with E-state index < -0.39 is 0 Å². The molecule has 2 aromatic rings. The predicted molar refractivity (Wildman–Crippen MR) is 78.8 cm³/mol. The summed E-state index contributed by atoms with van der Waals surface area (Å²) in [7, 11) is 0. The first kappa shape index (κ1) is 12.2. The number of hydrogen-bond acceptors (Lipinski definition) is 1. The van der Waals surface area contributed by atoms with Crippen LogP contribution in [0.4, 0.5) is 0 Å². The Labute approximate surface area is 108 Å². The summed E-state index contributed by atoms with van der Waals surface area (Å²) >= 11 is 0. The monoisotopic (exact) mass is 235 g/mol. The minimum Gasteiger partial charge on any atom is -0.398 e. The average Bonchev–Trinajstić information content (AvgIpc) is 2.40. The van der Waals surface area contributed by atoms with Crippen LogP contribution in [-0.2, 0) is 0 Å². The SMILES string of the molecule is C=C(/C=C(\N)c1ccccc1)c1ccc(C)cc1. The minimum atomic E-state index is 0.737.